The van der Waals surface area contributed by atoms with E-state index in [1.165, 1.54) is 43.2 Å². The van der Waals surface area contributed by atoms with Gasteiger partial charge in [-0.15, -0.1) is 0 Å². The van der Waals surface area contributed by atoms with Crippen LogP contribution in [-0.2, 0) is 4.79 Å². The summed E-state index contributed by atoms with van der Waals surface area (Å²) in [4.78, 5) is 20.4. The zero-order valence-corrected chi connectivity index (χ0v) is 20.8. The molecule has 2 heterocycles. The number of nitrogens with zero attached hydrogens (tertiary/aromatic N) is 2. The van der Waals surface area contributed by atoms with Crippen molar-refractivity contribution in [1.82, 2.24) is 10.3 Å². The van der Waals surface area contributed by atoms with Crippen LogP contribution in [0.3, 0.4) is 0 Å². The van der Waals surface area contributed by atoms with Crippen molar-refractivity contribution in [2.24, 2.45) is 29.1 Å². The molecular weight excluding hydrogens is 430 g/mol. The van der Waals surface area contributed by atoms with Crippen molar-refractivity contribution in [3.05, 3.63) is 18.2 Å². The first-order valence-corrected chi connectivity index (χ1v) is 13.9. The molecule has 1 saturated heterocycles. The van der Waals surface area contributed by atoms with E-state index in [0.29, 0.717) is 24.0 Å². The maximum Gasteiger partial charge on any atom is 0.223 e. The Morgan fingerprint density at radius 2 is 1.85 bits per heavy atom. The van der Waals surface area contributed by atoms with Crippen molar-refractivity contribution >= 4 is 32.6 Å². The summed E-state index contributed by atoms with van der Waals surface area (Å²) in [6, 6.07) is 6.45. The van der Waals surface area contributed by atoms with Crippen LogP contribution in [0.4, 0.5) is 5.13 Å². The first-order chi connectivity index (χ1) is 16.0. The van der Waals surface area contributed by atoms with Gasteiger partial charge in [0, 0.05) is 25.0 Å². The highest BCUT2D eigenvalue weighted by Crippen LogP contribution is 2.61. The van der Waals surface area contributed by atoms with Gasteiger partial charge in [0.05, 0.1) is 16.8 Å². The fourth-order valence-electron chi connectivity index (χ4n) is 7.81. The summed E-state index contributed by atoms with van der Waals surface area (Å²) in [5.41, 5.74) is 1.41. The van der Waals surface area contributed by atoms with Gasteiger partial charge >= 0.3 is 0 Å². The van der Waals surface area contributed by atoms with E-state index in [1.807, 2.05) is 19.1 Å². The predicted octanol–water partition coefficient (Wildman–Crippen LogP) is 5.63. The predicted molar refractivity (Wildman–Crippen MR) is 134 cm³/mol. The number of carbonyl (C=O) groups is 1. The minimum atomic E-state index is 0.136. The number of aromatic nitrogens is 1. The SMILES string of the molecule is CCOc1ccc2nc(N3CCC(C(=O)NC(C)C45CC6CC(CC(C6)C4)C5)CC3)sc2c1. The molecule has 1 aromatic carbocycles. The summed E-state index contributed by atoms with van der Waals surface area (Å²) < 4.78 is 6.81. The highest BCUT2D eigenvalue weighted by atomic mass is 32.1. The van der Waals surface area contributed by atoms with E-state index in [4.69, 9.17) is 9.72 Å². The van der Waals surface area contributed by atoms with Crippen LogP contribution in [0, 0.1) is 29.1 Å². The normalized spacial score (nSPS) is 32.3. The number of amides is 1. The second-order valence-corrected chi connectivity index (χ2v) is 12.3. The van der Waals surface area contributed by atoms with Crippen LogP contribution in [0.5, 0.6) is 5.75 Å². The van der Waals surface area contributed by atoms with Crippen LogP contribution >= 0.6 is 11.3 Å². The first-order valence-electron chi connectivity index (χ1n) is 13.1. The number of benzene rings is 1. The van der Waals surface area contributed by atoms with Gasteiger partial charge < -0.3 is 15.0 Å². The Bertz CT molecular complexity index is 990. The molecular formula is C27H37N3O2S. The summed E-state index contributed by atoms with van der Waals surface area (Å²) in [6.07, 6.45) is 10.2. The minimum Gasteiger partial charge on any atom is -0.494 e. The number of piperidine rings is 1. The number of thiazole rings is 1. The highest BCUT2D eigenvalue weighted by Gasteiger charge is 2.53. The largest absolute Gasteiger partial charge is 0.494 e. The molecule has 5 fully saturated rings. The Hall–Kier alpha value is -1.82. The van der Waals surface area contributed by atoms with Gasteiger partial charge in [-0.2, -0.15) is 0 Å². The molecule has 1 atom stereocenters. The van der Waals surface area contributed by atoms with Gasteiger partial charge in [-0.3, -0.25) is 4.79 Å². The Morgan fingerprint density at radius 3 is 2.48 bits per heavy atom. The van der Waals surface area contributed by atoms with Crippen LogP contribution in [0.2, 0.25) is 0 Å². The first kappa shape index (κ1) is 21.7. The lowest BCUT2D eigenvalue weighted by Gasteiger charge is -2.59. The average Bonchev–Trinajstić information content (AvgIpc) is 3.22. The van der Waals surface area contributed by atoms with E-state index in [2.05, 4.69) is 23.2 Å². The van der Waals surface area contributed by atoms with E-state index < -0.39 is 0 Å². The zero-order valence-electron chi connectivity index (χ0n) is 20.0. The van der Waals surface area contributed by atoms with Crippen molar-refractivity contribution in [3.8, 4) is 5.75 Å². The molecule has 1 amide bonds. The molecule has 5 nitrogen and oxygen atoms in total. The van der Waals surface area contributed by atoms with Gasteiger partial charge in [0.15, 0.2) is 5.13 Å². The van der Waals surface area contributed by atoms with Crippen LogP contribution in [0.25, 0.3) is 10.2 Å². The molecule has 0 radical (unpaired) electrons. The van der Waals surface area contributed by atoms with Gasteiger partial charge in [0.1, 0.15) is 5.75 Å². The second-order valence-electron chi connectivity index (χ2n) is 11.3. The smallest absolute Gasteiger partial charge is 0.223 e. The van der Waals surface area contributed by atoms with Gasteiger partial charge in [-0.05, 0) is 107 Å². The molecule has 1 N–H and O–H groups in total. The summed E-state index contributed by atoms with van der Waals surface area (Å²) in [6.45, 7) is 6.79. The number of hydrogen-bond donors (Lipinski definition) is 1. The molecule has 4 bridgehead atoms. The lowest BCUT2D eigenvalue weighted by molar-refractivity contribution is -0.130. The number of nitrogens with one attached hydrogen (secondary N) is 1. The van der Waals surface area contributed by atoms with Gasteiger partial charge in [0.2, 0.25) is 5.91 Å². The Kier molecular flexibility index (Phi) is 5.55. The lowest BCUT2D eigenvalue weighted by Crippen LogP contribution is -2.56. The molecule has 6 heteroatoms. The van der Waals surface area contributed by atoms with Crippen molar-refractivity contribution in [1.29, 1.82) is 0 Å². The molecule has 4 aliphatic carbocycles. The molecule has 1 aromatic heterocycles. The maximum absolute atomic E-state index is 13.2. The molecule has 1 unspecified atom stereocenters. The van der Waals surface area contributed by atoms with Crippen LogP contribution in [-0.4, -0.2) is 36.6 Å². The Labute approximate surface area is 201 Å². The molecule has 5 aliphatic rings. The lowest BCUT2D eigenvalue weighted by atomic mass is 9.48. The molecule has 1 aliphatic heterocycles. The number of anilines is 1. The molecule has 0 spiro atoms. The molecule has 33 heavy (non-hydrogen) atoms. The monoisotopic (exact) mass is 467 g/mol. The molecule has 2 aromatic rings. The molecule has 7 rings (SSSR count). The summed E-state index contributed by atoms with van der Waals surface area (Å²) in [5.74, 6) is 4.12. The fourth-order valence-corrected chi connectivity index (χ4v) is 8.86. The third-order valence-electron chi connectivity index (χ3n) is 9.16. The van der Waals surface area contributed by atoms with E-state index in [9.17, 15) is 4.79 Å². The van der Waals surface area contributed by atoms with Crippen molar-refractivity contribution in [3.63, 3.8) is 0 Å². The quantitative estimate of drug-likeness (QED) is 0.598. The number of rotatable bonds is 6. The molecule has 178 valence electrons. The summed E-state index contributed by atoms with van der Waals surface area (Å²) >= 11 is 1.73. The third kappa shape index (κ3) is 4.02. The number of fused-ring (bicyclic) bond motifs is 1. The maximum atomic E-state index is 13.2. The van der Waals surface area contributed by atoms with Crippen molar-refractivity contribution in [2.45, 2.75) is 71.3 Å². The van der Waals surface area contributed by atoms with Crippen LogP contribution < -0.4 is 15.0 Å². The van der Waals surface area contributed by atoms with Gasteiger partial charge in [-0.25, -0.2) is 4.98 Å². The van der Waals surface area contributed by atoms with E-state index in [1.54, 1.807) is 11.3 Å². The molecule has 4 saturated carbocycles. The summed E-state index contributed by atoms with van der Waals surface area (Å²) in [5, 5.41) is 4.59. The van der Waals surface area contributed by atoms with E-state index in [0.717, 1.165) is 60.1 Å². The number of ether oxygens (including phenoxy) is 1. The number of hydrogen-bond acceptors (Lipinski definition) is 5. The minimum absolute atomic E-state index is 0.136. The third-order valence-corrected chi connectivity index (χ3v) is 10.2. The topological polar surface area (TPSA) is 54.5 Å². The Morgan fingerprint density at radius 1 is 1.18 bits per heavy atom. The zero-order chi connectivity index (χ0) is 22.6. The van der Waals surface area contributed by atoms with Crippen LogP contribution in [0.15, 0.2) is 18.2 Å². The van der Waals surface area contributed by atoms with Crippen LogP contribution in [0.1, 0.15) is 65.2 Å². The highest BCUT2D eigenvalue weighted by molar-refractivity contribution is 7.22. The Balaban J connectivity index is 1.06. The fraction of sp³-hybridized carbons (Fsp3) is 0.704. The van der Waals surface area contributed by atoms with E-state index in [-0.39, 0.29) is 5.92 Å². The van der Waals surface area contributed by atoms with Crippen molar-refractivity contribution < 1.29 is 9.53 Å². The second kappa shape index (κ2) is 8.44. The van der Waals surface area contributed by atoms with Crippen molar-refractivity contribution in [2.75, 3.05) is 24.6 Å². The average molecular weight is 468 g/mol. The summed E-state index contributed by atoms with van der Waals surface area (Å²) in [7, 11) is 0. The van der Waals surface area contributed by atoms with E-state index >= 15 is 0 Å². The number of carbonyl (C=O) groups excluding carboxylic acids is 1. The van der Waals surface area contributed by atoms with Gasteiger partial charge in [0.25, 0.3) is 0 Å². The van der Waals surface area contributed by atoms with Gasteiger partial charge in [-0.1, -0.05) is 11.3 Å². The standard InChI is InChI=1S/C27H37N3O2S/c1-3-32-22-4-5-23-24(13-22)33-26(29-23)30-8-6-21(7-9-30)25(31)28-17(2)27-14-18-10-19(15-27)12-20(11-18)16-27/h4-5,13,17-21H,3,6-12,14-16H2,1-2H3,(H,28,31).